The van der Waals surface area contributed by atoms with Crippen LogP contribution in [-0.2, 0) is 11.3 Å². The average molecular weight is 602 g/mol. The first-order chi connectivity index (χ1) is 19.4. The Morgan fingerprint density at radius 2 is 1.62 bits per heavy atom. The molecule has 6 nitrogen and oxygen atoms in total. The van der Waals surface area contributed by atoms with Gasteiger partial charge in [0.2, 0.25) is 5.91 Å². The van der Waals surface area contributed by atoms with Crippen LogP contribution in [0, 0.1) is 0 Å². The molecular formula is C31H35Cl3N4O2. The Morgan fingerprint density at radius 1 is 0.900 bits per heavy atom. The van der Waals surface area contributed by atoms with Gasteiger partial charge in [-0.25, -0.2) is 0 Å². The van der Waals surface area contributed by atoms with Crippen LogP contribution in [0.2, 0.25) is 15.1 Å². The first kappa shape index (κ1) is 29.2. The largest absolute Gasteiger partial charge is 0.350 e. The smallest absolute Gasteiger partial charge is 0.251 e. The Balaban J connectivity index is 1.26. The lowest BCUT2D eigenvalue weighted by Gasteiger charge is -2.30. The Kier molecular flexibility index (Phi) is 9.87. The maximum absolute atomic E-state index is 13.7. The lowest BCUT2D eigenvalue weighted by atomic mass is 10.1. The predicted octanol–water partition coefficient (Wildman–Crippen LogP) is 6.17. The molecule has 0 saturated carbocycles. The van der Waals surface area contributed by atoms with E-state index < -0.39 is 0 Å². The Morgan fingerprint density at radius 3 is 2.42 bits per heavy atom. The number of amides is 2. The SMILES string of the molecule is O=C(NC[C@@H]1CCN(Cc2ccc(Cl)cc2Cl)C(=O)C(CCN2CCCCC2)N1)c1ccc2cc(Cl)ccc2c1. The predicted molar refractivity (Wildman–Crippen MR) is 163 cm³/mol. The van der Waals surface area contributed by atoms with Gasteiger partial charge in [-0.05, 0) is 91.5 Å². The van der Waals surface area contributed by atoms with E-state index in [0.717, 1.165) is 42.4 Å². The van der Waals surface area contributed by atoms with Gasteiger partial charge >= 0.3 is 0 Å². The number of benzene rings is 3. The van der Waals surface area contributed by atoms with Crippen LogP contribution < -0.4 is 10.6 Å². The summed E-state index contributed by atoms with van der Waals surface area (Å²) in [7, 11) is 0. The first-order valence-electron chi connectivity index (χ1n) is 14.0. The molecule has 9 heteroatoms. The van der Waals surface area contributed by atoms with E-state index >= 15 is 0 Å². The Bertz CT molecular complexity index is 1360. The van der Waals surface area contributed by atoms with Crippen molar-refractivity contribution in [3.63, 3.8) is 0 Å². The van der Waals surface area contributed by atoms with Crippen molar-refractivity contribution in [3.8, 4) is 0 Å². The van der Waals surface area contributed by atoms with E-state index in [0.29, 0.717) is 46.7 Å². The van der Waals surface area contributed by atoms with E-state index in [2.05, 4.69) is 15.5 Å². The van der Waals surface area contributed by atoms with Gasteiger partial charge < -0.3 is 20.4 Å². The zero-order chi connectivity index (χ0) is 28.1. The maximum Gasteiger partial charge on any atom is 0.251 e. The summed E-state index contributed by atoms with van der Waals surface area (Å²) in [6.07, 6.45) is 5.14. The number of hydrogen-bond donors (Lipinski definition) is 2. The fourth-order valence-electron chi connectivity index (χ4n) is 5.63. The van der Waals surface area contributed by atoms with Gasteiger partial charge in [-0.15, -0.1) is 0 Å². The maximum atomic E-state index is 13.7. The van der Waals surface area contributed by atoms with Gasteiger partial charge in [-0.1, -0.05) is 59.4 Å². The molecule has 2 aliphatic rings. The molecule has 40 heavy (non-hydrogen) atoms. The standard InChI is InChI=1S/C31H35Cl3N4O2/c32-25-8-6-21-16-23(5-4-22(21)17-25)30(39)35-19-27-10-15-38(20-24-7-9-26(33)18-28(24)34)31(40)29(36-27)11-14-37-12-2-1-3-13-37/h4-9,16-18,27,29,36H,1-3,10-15,19-20H2,(H,35,39)/t27-,29?/m0/s1. The van der Waals surface area contributed by atoms with Gasteiger partial charge in [0, 0.05) is 52.9 Å². The van der Waals surface area contributed by atoms with Gasteiger partial charge in [-0.3, -0.25) is 9.59 Å². The molecule has 2 heterocycles. The number of likely N-dealkylation sites (tertiary alicyclic amines) is 1. The van der Waals surface area contributed by atoms with Gasteiger partial charge in [0.1, 0.15) is 0 Å². The van der Waals surface area contributed by atoms with Crippen molar-refractivity contribution in [2.24, 2.45) is 0 Å². The van der Waals surface area contributed by atoms with Crippen LogP contribution in [0.1, 0.15) is 48.0 Å². The van der Waals surface area contributed by atoms with Crippen molar-refractivity contribution in [2.45, 2.75) is 50.7 Å². The van der Waals surface area contributed by atoms with Crippen LogP contribution in [0.15, 0.2) is 54.6 Å². The molecule has 3 aromatic carbocycles. The van der Waals surface area contributed by atoms with Gasteiger partial charge in [0.05, 0.1) is 6.04 Å². The first-order valence-corrected chi connectivity index (χ1v) is 15.2. The topological polar surface area (TPSA) is 64.7 Å². The monoisotopic (exact) mass is 600 g/mol. The summed E-state index contributed by atoms with van der Waals surface area (Å²) < 4.78 is 0. The van der Waals surface area contributed by atoms with E-state index in [1.165, 1.54) is 19.3 Å². The lowest BCUT2D eigenvalue weighted by molar-refractivity contribution is -0.133. The van der Waals surface area contributed by atoms with Crippen molar-refractivity contribution < 1.29 is 9.59 Å². The van der Waals surface area contributed by atoms with Crippen LogP contribution in [-0.4, -0.2) is 66.4 Å². The van der Waals surface area contributed by atoms with Crippen molar-refractivity contribution in [1.29, 1.82) is 0 Å². The van der Waals surface area contributed by atoms with Crippen molar-refractivity contribution in [1.82, 2.24) is 20.4 Å². The van der Waals surface area contributed by atoms with Gasteiger partial charge in [0.15, 0.2) is 0 Å². The van der Waals surface area contributed by atoms with Crippen LogP contribution in [0.3, 0.4) is 0 Å². The molecule has 212 valence electrons. The van der Waals surface area contributed by atoms with Crippen LogP contribution in [0.25, 0.3) is 10.8 Å². The van der Waals surface area contributed by atoms with Gasteiger partial charge in [0.25, 0.3) is 5.91 Å². The molecule has 2 amide bonds. The fraction of sp³-hybridized carbons (Fsp3) is 0.419. The third-order valence-electron chi connectivity index (χ3n) is 7.93. The number of carbonyl (C=O) groups excluding carboxylic acids is 2. The normalized spacial score (nSPS) is 20.5. The second-order valence-electron chi connectivity index (χ2n) is 10.8. The highest BCUT2D eigenvalue weighted by molar-refractivity contribution is 6.35. The molecule has 2 N–H and O–H groups in total. The molecule has 0 spiro atoms. The molecule has 0 radical (unpaired) electrons. The number of piperidine rings is 1. The zero-order valence-corrected chi connectivity index (χ0v) is 24.7. The third-order valence-corrected chi connectivity index (χ3v) is 8.75. The van der Waals surface area contributed by atoms with E-state index in [1.807, 2.05) is 47.4 Å². The van der Waals surface area contributed by atoms with Crippen molar-refractivity contribution in [2.75, 3.05) is 32.7 Å². The summed E-state index contributed by atoms with van der Waals surface area (Å²) in [6, 6.07) is 16.3. The molecule has 2 fully saturated rings. The second kappa shape index (κ2) is 13.5. The molecule has 2 atom stereocenters. The molecule has 0 bridgehead atoms. The summed E-state index contributed by atoms with van der Waals surface area (Å²) in [5.41, 5.74) is 1.47. The van der Waals surface area contributed by atoms with Crippen LogP contribution in [0.5, 0.6) is 0 Å². The minimum absolute atomic E-state index is 0.0378. The third kappa shape index (κ3) is 7.48. The zero-order valence-electron chi connectivity index (χ0n) is 22.5. The summed E-state index contributed by atoms with van der Waals surface area (Å²) in [6.45, 7) is 4.48. The number of nitrogens with one attached hydrogen (secondary N) is 2. The Hall–Kier alpha value is -2.35. The highest BCUT2D eigenvalue weighted by Crippen LogP contribution is 2.24. The second-order valence-corrected chi connectivity index (χ2v) is 12.1. The highest BCUT2D eigenvalue weighted by atomic mass is 35.5. The van der Waals surface area contributed by atoms with E-state index in [9.17, 15) is 9.59 Å². The number of rotatable bonds is 8. The molecule has 3 aromatic rings. The van der Waals surface area contributed by atoms with E-state index in [-0.39, 0.29) is 23.9 Å². The quantitative estimate of drug-likeness (QED) is 0.324. The lowest BCUT2D eigenvalue weighted by Crippen LogP contribution is -2.50. The summed E-state index contributed by atoms with van der Waals surface area (Å²) in [5.74, 6) is -0.0612. The molecule has 1 unspecified atom stereocenters. The van der Waals surface area contributed by atoms with Gasteiger partial charge in [-0.2, -0.15) is 0 Å². The summed E-state index contributed by atoms with van der Waals surface area (Å²) >= 11 is 18.6. The molecule has 0 aliphatic carbocycles. The summed E-state index contributed by atoms with van der Waals surface area (Å²) in [5, 5.41) is 10.4. The number of nitrogens with zero attached hydrogens (tertiary/aromatic N) is 2. The minimum Gasteiger partial charge on any atom is -0.350 e. The molecule has 5 rings (SSSR count). The van der Waals surface area contributed by atoms with E-state index in [4.69, 9.17) is 34.8 Å². The Labute approximate surface area is 250 Å². The molecular weight excluding hydrogens is 567 g/mol. The molecule has 2 saturated heterocycles. The number of carbonyl (C=O) groups is 2. The highest BCUT2D eigenvalue weighted by Gasteiger charge is 2.31. The van der Waals surface area contributed by atoms with Crippen molar-refractivity contribution in [3.05, 3.63) is 80.8 Å². The average Bonchev–Trinajstić information content (AvgIpc) is 3.10. The number of fused-ring (bicyclic) bond motifs is 1. The summed E-state index contributed by atoms with van der Waals surface area (Å²) in [4.78, 5) is 31.1. The fourth-order valence-corrected chi connectivity index (χ4v) is 6.28. The van der Waals surface area contributed by atoms with E-state index in [1.54, 1.807) is 12.1 Å². The molecule has 0 aromatic heterocycles. The van der Waals surface area contributed by atoms with Crippen LogP contribution >= 0.6 is 34.8 Å². The number of hydrogen-bond acceptors (Lipinski definition) is 4. The van der Waals surface area contributed by atoms with Crippen molar-refractivity contribution >= 4 is 57.4 Å². The molecule has 2 aliphatic heterocycles. The minimum atomic E-state index is -0.331. The van der Waals surface area contributed by atoms with Crippen LogP contribution in [0.4, 0.5) is 0 Å². The number of halogens is 3.